The highest BCUT2D eigenvalue weighted by Gasteiger charge is 2.38. The summed E-state index contributed by atoms with van der Waals surface area (Å²) in [6.07, 6.45) is 0. The number of benzene rings is 3. The molecule has 3 aromatic rings. The summed E-state index contributed by atoms with van der Waals surface area (Å²) >= 11 is 0. The summed E-state index contributed by atoms with van der Waals surface area (Å²) in [5.41, 5.74) is 1.79. The van der Waals surface area contributed by atoms with Crippen molar-refractivity contribution < 1.29 is 19.2 Å². The van der Waals surface area contributed by atoms with Gasteiger partial charge in [0.2, 0.25) is 0 Å². The van der Waals surface area contributed by atoms with E-state index in [0.717, 1.165) is 10.9 Å². The molecule has 5 heteroatoms. The largest absolute Gasteiger partial charge is 0.364 e. The monoisotopic (exact) mass is 331 g/mol. The Morgan fingerprint density at radius 3 is 2.00 bits per heavy atom. The molecule has 1 aliphatic rings. The van der Waals surface area contributed by atoms with Gasteiger partial charge in [-0.2, -0.15) is 0 Å². The van der Waals surface area contributed by atoms with Crippen molar-refractivity contribution in [3.63, 3.8) is 0 Å². The number of fused-ring (bicyclic) bond motifs is 2. The lowest BCUT2D eigenvalue weighted by Gasteiger charge is -2.14. The number of imide groups is 1. The minimum Gasteiger partial charge on any atom is -0.324 e. The average molecular weight is 331 g/mol. The Morgan fingerprint density at radius 1 is 0.800 bits per heavy atom. The van der Waals surface area contributed by atoms with Crippen molar-refractivity contribution in [1.82, 2.24) is 5.06 Å². The van der Waals surface area contributed by atoms with E-state index >= 15 is 0 Å². The van der Waals surface area contributed by atoms with Crippen LogP contribution in [0.2, 0.25) is 0 Å². The van der Waals surface area contributed by atoms with Gasteiger partial charge in [0.25, 0.3) is 11.8 Å². The van der Waals surface area contributed by atoms with Crippen molar-refractivity contribution in [3.05, 3.63) is 82.9 Å². The third kappa shape index (κ3) is 2.29. The number of hydroxylamine groups is 2. The molecule has 0 unspecified atom stereocenters. The van der Waals surface area contributed by atoms with E-state index in [1.165, 1.54) is 12.1 Å². The molecule has 0 atom stereocenters. The number of hydrogen-bond donors (Lipinski definition) is 0. The lowest BCUT2D eigenvalue weighted by Crippen LogP contribution is -2.32. The first-order valence-electron chi connectivity index (χ1n) is 7.76. The van der Waals surface area contributed by atoms with Crippen LogP contribution in [-0.4, -0.2) is 22.8 Å². The first-order chi connectivity index (χ1) is 12.1. The van der Waals surface area contributed by atoms with Crippen molar-refractivity contribution in [2.75, 3.05) is 0 Å². The third-order valence-electron chi connectivity index (χ3n) is 4.29. The highest BCUT2D eigenvalue weighted by molar-refractivity contribution is 6.21. The van der Waals surface area contributed by atoms with Crippen LogP contribution in [0.3, 0.4) is 0 Å². The molecule has 0 aliphatic carbocycles. The minimum atomic E-state index is -0.745. The lowest BCUT2D eigenvalue weighted by molar-refractivity contribution is -0.0583. The van der Waals surface area contributed by atoms with Crippen LogP contribution in [0.5, 0.6) is 0 Å². The van der Waals surface area contributed by atoms with Gasteiger partial charge in [-0.25, -0.2) is 4.79 Å². The van der Waals surface area contributed by atoms with Crippen molar-refractivity contribution in [2.45, 2.75) is 6.92 Å². The van der Waals surface area contributed by atoms with Gasteiger partial charge in [-0.05, 0) is 41.5 Å². The second-order valence-corrected chi connectivity index (χ2v) is 5.80. The average Bonchev–Trinajstić information content (AvgIpc) is 2.87. The fourth-order valence-corrected chi connectivity index (χ4v) is 3.01. The van der Waals surface area contributed by atoms with Crippen molar-refractivity contribution in [1.29, 1.82) is 0 Å². The molecule has 0 saturated carbocycles. The smallest absolute Gasteiger partial charge is 0.324 e. The molecule has 1 aliphatic heterocycles. The molecule has 0 radical (unpaired) electrons. The summed E-state index contributed by atoms with van der Waals surface area (Å²) in [5, 5.41) is 2.16. The number of amides is 2. The predicted molar refractivity (Wildman–Crippen MR) is 91.0 cm³/mol. The maximum Gasteiger partial charge on any atom is 0.364 e. The van der Waals surface area contributed by atoms with E-state index in [4.69, 9.17) is 4.84 Å². The molecular weight excluding hydrogens is 318 g/mol. The van der Waals surface area contributed by atoms with Gasteiger partial charge < -0.3 is 4.84 Å². The van der Waals surface area contributed by atoms with Gasteiger partial charge in [0, 0.05) is 0 Å². The Hall–Kier alpha value is -3.47. The van der Waals surface area contributed by atoms with Crippen molar-refractivity contribution in [2.24, 2.45) is 0 Å². The summed E-state index contributed by atoms with van der Waals surface area (Å²) < 4.78 is 0. The van der Waals surface area contributed by atoms with Crippen LogP contribution in [0.25, 0.3) is 10.8 Å². The second kappa shape index (κ2) is 5.56. The van der Waals surface area contributed by atoms with Gasteiger partial charge in [-0.1, -0.05) is 47.5 Å². The predicted octanol–water partition coefficient (Wildman–Crippen LogP) is 3.52. The molecule has 1 heterocycles. The topological polar surface area (TPSA) is 63.7 Å². The van der Waals surface area contributed by atoms with Gasteiger partial charge >= 0.3 is 5.97 Å². The quantitative estimate of drug-likeness (QED) is 0.674. The molecule has 0 aromatic heterocycles. The number of aryl methyl sites for hydroxylation is 1. The summed E-state index contributed by atoms with van der Waals surface area (Å²) in [6, 6.07) is 17.2. The standard InChI is InChI=1S/C20H13NO4/c1-12-10-11-17(14-7-3-2-6-13(12)14)20(24)25-21-18(22)15-8-4-5-9-16(15)19(21)23/h2-11H,1H3. The van der Waals surface area contributed by atoms with E-state index in [1.54, 1.807) is 30.3 Å². The SMILES string of the molecule is Cc1ccc(C(=O)ON2C(=O)c3ccccc3C2=O)c2ccccc12. The molecule has 0 spiro atoms. The summed E-state index contributed by atoms with van der Waals surface area (Å²) in [6.45, 7) is 1.95. The molecule has 0 saturated heterocycles. The Balaban J connectivity index is 1.70. The number of carbonyl (C=O) groups excluding carboxylic acids is 3. The molecule has 0 N–H and O–H groups in total. The maximum absolute atomic E-state index is 12.6. The molecule has 25 heavy (non-hydrogen) atoms. The van der Waals surface area contributed by atoms with Crippen LogP contribution >= 0.6 is 0 Å². The third-order valence-corrected chi connectivity index (χ3v) is 4.29. The lowest BCUT2D eigenvalue weighted by atomic mass is 10.0. The number of nitrogens with zero attached hydrogens (tertiary/aromatic N) is 1. The van der Waals surface area contributed by atoms with E-state index in [0.29, 0.717) is 16.0 Å². The van der Waals surface area contributed by atoms with Crippen molar-refractivity contribution in [3.8, 4) is 0 Å². The Labute approximate surface area is 143 Å². The molecule has 0 bridgehead atoms. The summed E-state index contributed by atoms with van der Waals surface area (Å²) in [7, 11) is 0. The Kier molecular flexibility index (Phi) is 3.35. The number of hydrogen-bond acceptors (Lipinski definition) is 4. The second-order valence-electron chi connectivity index (χ2n) is 5.80. The molecule has 2 amide bonds. The van der Waals surface area contributed by atoms with E-state index in [9.17, 15) is 14.4 Å². The first-order valence-corrected chi connectivity index (χ1v) is 7.76. The van der Waals surface area contributed by atoms with Crippen LogP contribution < -0.4 is 0 Å². The van der Waals surface area contributed by atoms with Gasteiger partial charge in [0.1, 0.15) is 0 Å². The van der Waals surface area contributed by atoms with Gasteiger partial charge in [-0.3, -0.25) is 9.59 Å². The maximum atomic E-state index is 12.6. The van der Waals surface area contributed by atoms with Crippen LogP contribution in [-0.2, 0) is 4.84 Å². The molecule has 0 fully saturated rings. The number of carbonyl (C=O) groups is 3. The van der Waals surface area contributed by atoms with Gasteiger partial charge in [0.05, 0.1) is 16.7 Å². The van der Waals surface area contributed by atoms with Crippen molar-refractivity contribution >= 4 is 28.6 Å². The van der Waals surface area contributed by atoms with E-state index in [1.807, 2.05) is 25.1 Å². The van der Waals surface area contributed by atoms with Gasteiger partial charge in [0.15, 0.2) is 0 Å². The molecule has 4 rings (SSSR count). The molecular formula is C20H13NO4. The fourth-order valence-electron chi connectivity index (χ4n) is 3.01. The Bertz CT molecular complexity index is 1020. The number of rotatable bonds is 2. The van der Waals surface area contributed by atoms with E-state index < -0.39 is 17.8 Å². The molecule has 122 valence electrons. The van der Waals surface area contributed by atoms with E-state index in [2.05, 4.69) is 0 Å². The highest BCUT2D eigenvalue weighted by atomic mass is 16.7. The Morgan fingerprint density at radius 2 is 1.36 bits per heavy atom. The zero-order valence-corrected chi connectivity index (χ0v) is 13.4. The zero-order valence-electron chi connectivity index (χ0n) is 13.4. The van der Waals surface area contributed by atoms with Crippen LogP contribution in [0, 0.1) is 6.92 Å². The summed E-state index contributed by atoms with van der Waals surface area (Å²) in [4.78, 5) is 42.4. The normalized spacial score (nSPS) is 13.2. The van der Waals surface area contributed by atoms with E-state index in [-0.39, 0.29) is 11.1 Å². The molecule has 3 aromatic carbocycles. The van der Waals surface area contributed by atoms with Crippen LogP contribution in [0.4, 0.5) is 0 Å². The summed E-state index contributed by atoms with van der Waals surface area (Å²) in [5.74, 6) is -2.01. The highest BCUT2D eigenvalue weighted by Crippen LogP contribution is 2.26. The zero-order chi connectivity index (χ0) is 17.6. The molecule has 5 nitrogen and oxygen atoms in total. The minimum absolute atomic E-state index is 0.231. The van der Waals surface area contributed by atoms with Crippen LogP contribution in [0.1, 0.15) is 36.6 Å². The van der Waals surface area contributed by atoms with Gasteiger partial charge in [-0.15, -0.1) is 0 Å². The fraction of sp³-hybridized carbons (Fsp3) is 0.0500. The first kappa shape index (κ1) is 15.1. The van der Waals surface area contributed by atoms with Crippen LogP contribution in [0.15, 0.2) is 60.7 Å².